The van der Waals surface area contributed by atoms with E-state index in [9.17, 15) is 0 Å². The fourth-order valence-electron chi connectivity index (χ4n) is 3.47. The number of fused-ring (bicyclic) bond motifs is 2. The Bertz CT molecular complexity index is 1260. The Morgan fingerprint density at radius 2 is 1.76 bits per heavy atom. The summed E-state index contributed by atoms with van der Waals surface area (Å²) in [7, 11) is 0. The van der Waals surface area contributed by atoms with Crippen LogP contribution >= 0.6 is 23.4 Å². The third-order valence-corrected chi connectivity index (χ3v) is 6.01. The van der Waals surface area contributed by atoms with Crippen LogP contribution in [0.15, 0.2) is 82.4 Å². The zero-order valence-electron chi connectivity index (χ0n) is 15.7. The lowest BCUT2D eigenvalue weighted by Crippen LogP contribution is -2.06. The maximum atomic E-state index is 6.22. The highest BCUT2D eigenvalue weighted by atomic mass is 35.5. The van der Waals surface area contributed by atoms with Crippen molar-refractivity contribution in [3.63, 3.8) is 0 Å². The second-order valence-electron chi connectivity index (χ2n) is 6.88. The Morgan fingerprint density at radius 3 is 2.59 bits per heavy atom. The van der Waals surface area contributed by atoms with Gasteiger partial charge in [0.1, 0.15) is 11.3 Å². The first-order valence-corrected chi connectivity index (χ1v) is 10.6. The molecule has 0 aliphatic rings. The highest BCUT2D eigenvalue weighted by molar-refractivity contribution is 7.99. The van der Waals surface area contributed by atoms with Gasteiger partial charge in [-0.15, -0.1) is 0 Å². The van der Waals surface area contributed by atoms with Gasteiger partial charge < -0.3 is 8.98 Å². The minimum Gasteiger partial charge on any atom is -0.431 e. The van der Waals surface area contributed by atoms with Gasteiger partial charge in [-0.05, 0) is 42.8 Å². The molecule has 29 heavy (non-hydrogen) atoms. The van der Waals surface area contributed by atoms with Gasteiger partial charge in [-0.3, -0.25) is 0 Å². The number of oxazole rings is 1. The average Bonchev–Trinajstić information content (AvgIpc) is 3.29. The normalized spacial score (nSPS) is 12.6. The van der Waals surface area contributed by atoms with Crippen LogP contribution in [-0.4, -0.2) is 14.5 Å². The Hall–Kier alpha value is -2.76. The van der Waals surface area contributed by atoms with E-state index in [-0.39, 0.29) is 5.25 Å². The summed E-state index contributed by atoms with van der Waals surface area (Å²) in [6, 6.07) is 24.1. The van der Waals surface area contributed by atoms with Gasteiger partial charge >= 0.3 is 0 Å². The SMILES string of the molecule is C[C@H](Sc1nc2ccccc2o1)c1nc2cc(Cl)ccc2n1Cc1ccccc1. The highest BCUT2D eigenvalue weighted by Crippen LogP contribution is 2.37. The topological polar surface area (TPSA) is 43.9 Å². The maximum absolute atomic E-state index is 6.22. The molecule has 144 valence electrons. The lowest BCUT2D eigenvalue weighted by molar-refractivity contribution is 0.488. The monoisotopic (exact) mass is 419 g/mol. The van der Waals surface area contributed by atoms with E-state index in [4.69, 9.17) is 21.0 Å². The fraction of sp³-hybridized carbons (Fsp3) is 0.130. The van der Waals surface area contributed by atoms with Crippen molar-refractivity contribution in [3.05, 3.63) is 89.2 Å². The largest absolute Gasteiger partial charge is 0.431 e. The van der Waals surface area contributed by atoms with Crippen molar-refractivity contribution >= 4 is 45.5 Å². The summed E-state index contributed by atoms with van der Waals surface area (Å²) in [5.74, 6) is 0.971. The molecule has 1 atom stereocenters. The quantitative estimate of drug-likeness (QED) is 0.296. The second-order valence-corrected chi connectivity index (χ2v) is 8.61. The van der Waals surface area contributed by atoms with Gasteiger partial charge in [0.2, 0.25) is 0 Å². The second kappa shape index (κ2) is 7.58. The number of para-hydroxylation sites is 2. The minimum absolute atomic E-state index is 0.0537. The smallest absolute Gasteiger partial charge is 0.257 e. The number of nitrogens with zero attached hydrogens (tertiary/aromatic N) is 3. The van der Waals surface area contributed by atoms with Crippen LogP contribution in [0.5, 0.6) is 0 Å². The maximum Gasteiger partial charge on any atom is 0.257 e. The van der Waals surface area contributed by atoms with E-state index in [1.54, 1.807) is 11.8 Å². The number of aromatic nitrogens is 3. The molecule has 0 aliphatic heterocycles. The van der Waals surface area contributed by atoms with Crippen molar-refractivity contribution in [1.82, 2.24) is 14.5 Å². The number of imidazole rings is 1. The summed E-state index contributed by atoms with van der Waals surface area (Å²) in [5.41, 5.74) is 4.85. The molecule has 2 heterocycles. The standard InChI is InChI=1S/C23H18ClN3OS/c1-15(29-23-26-18-9-5-6-10-21(18)28-23)22-25-19-13-17(24)11-12-20(19)27(22)14-16-7-3-2-4-8-16/h2-13,15H,14H2,1H3/t15-/m0/s1. The first-order valence-electron chi connectivity index (χ1n) is 9.39. The first kappa shape index (κ1) is 18.3. The lowest BCUT2D eigenvalue weighted by Gasteiger charge is -2.13. The molecule has 0 saturated heterocycles. The summed E-state index contributed by atoms with van der Waals surface area (Å²) in [6.45, 7) is 2.87. The number of benzene rings is 3. The van der Waals surface area contributed by atoms with Gasteiger partial charge in [-0.25, -0.2) is 9.97 Å². The van der Waals surface area contributed by atoms with Crippen molar-refractivity contribution < 1.29 is 4.42 Å². The van der Waals surface area contributed by atoms with E-state index >= 15 is 0 Å². The van der Waals surface area contributed by atoms with Crippen molar-refractivity contribution in [2.24, 2.45) is 0 Å². The number of thioether (sulfide) groups is 1. The lowest BCUT2D eigenvalue weighted by atomic mass is 10.2. The van der Waals surface area contributed by atoms with E-state index in [2.05, 4.69) is 40.7 Å². The molecule has 0 spiro atoms. The molecule has 0 N–H and O–H groups in total. The van der Waals surface area contributed by atoms with E-state index in [1.165, 1.54) is 5.56 Å². The first-order chi connectivity index (χ1) is 14.2. The molecule has 0 aliphatic carbocycles. The predicted molar refractivity (Wildman–Crippen MR) is 119 cm³/mol. The van der Waals surface area contributed by atoms with E-state index in [1.807, 2.05) is 48.5 Å². The molecule has 0 saturated carbocycles. The number of hydrogen-bond acceptors (Lipinski definition) is 4. The Morgan fingerprint density at radius 1 is 0.966 bits per heavy atom. The van der Waals surface area contributed by atoms with E-state index < -0.39 is 0 Å². The highest BCUT2D eigenvalue weighted by Gasteiger charge is 2.20. The van der Waals surface area contributed by atoms with Gasteiger partial charge in [0.25, 0.3) is 5.22 Å². The summed E-state index contributed by atoms with van der Waals surface area (Å²) in [4.78, 5) is 9.51. The molecule has 5 aromatic rings. The molecule has 0 fully saturated rings. The van der Waals surface area contributed by atoms with Crippen LogP contribution in [0.4, 0.5) is 0 Å². The summed E-state index contributed by atoms with van der Waals surface area (Å²) >= 11 is 7.79. The van der Waals surface area contributed by atoms with Crippen LogP contribution in [0.3, 0.4) is 0 Å². The average molecular weight is 420 g/mol. The Labute approximate surface area is 177 Å². The third kappa shape index (κ3) is 3.63. The van der Waals surface area contributed by atoms with Crippen molar-refractivity contribution in [2.45, 2.75) is 23.9 Å². The molecule has 4 nitrogen and oxygen atoms in total. The van der Waals surface area contributed by atoms with Gasteiger partial charge in [-0.2, -0.15) is 0 Å². The minimum atomic E-state index is 0.0537. The summed E-state index contributed by atoms with van der Waals surface area (Å²) in [6.07, 6.45) is 0. The zero-order chi connectivity index (χ0) is 19.8. The third-order valence-electron chi connectivity index (χ3n) is 4.84. The fourth-order valence-corrected chi connectivity index (χ4v) is 4.51. The summed E-state index contributed by atoms with van der Waals surface area (Å²) < 4.78 is 8.16. The summed E-state index contributed by atoms with van der Waals surface area (Å²) in [5, 5.41) is 1.39. The van der Waals surface area contributed by atoms with Gasteiger partial charge in [-0.1, -0.05) is 65.8 Å². The molecule has 0 radical (unpaired) electrons. The number of rotatable bonds is 5. The molecule has 0 unspecified atom stereocenters. The van der Waals surface area contributed by atoms with Crippen LogP contribution in [0.1, 0.15) is 23.6 Å². The van der Waals surface area contributed by atoms with Crippen molar-refractivity contribution in [1.29, 1.82) is 0 Å². The molecule has 0 bridgehead atoms. The van der Waals surface area contributed by atoms with Crippen LogP contribution in [0, 0.1) is 0 Å². The van der Waals surface area contributed by atoms with E-state index in [0.717, 1.165) is 34.5 Å². The molecule has 0 amide bonds. The zero-order valence-corrected chi connectivity index (χ0v) is 17.3. The molecular formula is C23H18ClN3OS. The molecule has 6 heteroatoms. The predicted octanol–water partition coefficient (Wildman–Crippen LogP) is 6.73. The molecule has 3 aromatic carbocycles. The van der Waals surface area contributed by atoms with E-state index in [0.29, 0.717) is 10.2 Å². The van der Waals surface area contributed by atoms with Gasteiger partial charge in [0.15, 0.2) is 5.58 Å². The Kier molecular flexibility index (Phi) is 4.78. The Balaban J connectivity index is 1.54. The number of hydrogen-bond donors (Lipinski definition) is 0. The van der Waals surface area contributed by atoms with Gasteiger partial charge in [0.05, 0.1) is 16.3 Å². The molecular weight excluding hydrogens is 402 g/mol. The van der Waals surface area contributed by atoms with Crippen LogP contribution < -0.4 is 0 Å². The van der Waals surface area contributed by atoms with Crippen molar-refractivity contribution in [2.75, 3.05) is 0 Å². The molecule has 5 rings (SSSR count). The van der Waals surface area contributed by atoms with Crippen LogP contribution in [0.25, 0.3) is 22.1 Å². The molecule has 2 aromatic heterocycles. The van der Waals surface area contributed by atoms with Crippen LogP contribution in [0.2, 0.25) is 5.02 Å². The number of halogens is 1. The van der Waals surface area contributed by atoms with Gasteiger partial charge in [0, 0.05) is 11.6 Å². The van der Waals surface area contributed by atoms with Crippen molar-refractivity contribution in [3.8, 4) is 0 Å². The van der Waals surface area contributed by atoms with Crippen LogP contribution in [-0.2, 0) is 6.54 Å².